The maximum Gasteiger partial charge on any atom is 0.330 e. The third-order valence-corrected chi connectivity index (χ3v) is 0.923. The van der Waals surface area contributed by atoms with Crippen molar-refractivity contribution in [2.75, 3.05) is 13.2 Å². The third-order valence-electron chi connectivity index (χ3n) is 0.923. The molecule has 3 N–H and O–H groups in total. The monoisotopic (exact) mass is 201 g/mol. The number of amides is 1. The standard InChI is InChI=1S/C5H8O3.C4H7NO/c1-2-5(7)8-4-3-6;1-3(2)4(5)6/h2,6H,1,3-4H2;1H2,2H3,(H2,5,6). The molecule has 0 heterocycles. The highest BCUT2D eigenvalue weighted by Gasteiger charge is 1.90. The second-order valence-corrected chi connectivity index (χ2v) is 2.24. The zero-order chi connectivity index (χ0) is 11.6. The van der Waals surface area contributed by atoms with Crippen molar-refractivity contribution < 1.29 is 19.4 Å². The summed E-state index contributed by atoms with van der Waals surface area (Å²) in [5.41, 5.74) is 5.09. The van der Waals surface area contributed by atoms with Gasteiger partial charge in [0.25, 0.3) is 0 Å². The van der Waals surface area contributed by atoms with E-state index in [9.17, 15) is 9.59 Å². The Labute approximate surface area is 82.9 Å². The molecule has 0 fully saturated rings. The number of hydrogen-bond donors (Lipinski definition) is 2. The van der Waals surface area contributed by atoms with Crippen molar-refractivity contribution in [3.8, 4) is 0 Å². The summed E-state index contributed by atoms with van der Waals surface area (Å²) in [6, 6.07) is 0. The van der Waals surface area contributed by atoms with Crippen LogP contribution in [0.2, 0.25) is 0 Å². The van der Waals surface area contributed by atoms with Crippen molar-refractivity contribution in [3.63, 3.8) is 0 Å². The normalized spacial score (nSPS) is 7.86. The zero-order valence-electron chi connectivity index (χ0n) is 8.16. The van der Waals surface area contributed by atoms with Crippen LogP contribution in [0.25, 0.3) is 0 Å². The number of carbonyl (C=O) groups is 2. The van der Waals surface area contributed by atoms with E-state index in [4.69, 9.17) is 10.8 Å². The highest BCUT2D eigenvalue weighted by atomic mass is 16.5. The molecule has 0 saturated carbocycles. The van der Waals surface area contributed by atoms with Crippen LogP contribution in [0.15, 0.2) is 24.8 Å². The van der Waals surface area contributed by atoms with Crippen molar-refractivity contribution in [2.24, 2.45) is 5.73 Å². The van der Waals surface area contributed by atoms with Crippen molar-refractivity contribution in [3.05, 3.63) is 24.8 Å². The Balaban J connectivity index is 0. The lowest BCUT2D eigenvalue weighted by atomic mass is 10.3. The number of aliphatic hydroxyl groups excluding tert-OH is 1. The van der Waals surface area contributed by atoms with Gasteiger partial charge in [-0.1, -0.05) is 13.2 Å². The third kappa shape index (κ3) is 13.0. The van der Waals surface area contributed by atoms with Crippen LogP contribution in [-0.4, -0.2) is 30.2 Å². The lowest BCUT2D eigenvalue weighted by Crippen LogP contribution is -2.10. The van der Waals surface area contributed by atoms with Gasteiger partial charge in [-0.2, -0.15) is 0 Å². The Morgan fingerprint density at radius 1 is 1.57 bits per heavy atom. The first-order valence-electron chi connectivity index (χ1n) is 3.81. The summed E-state index contributed by atoms with van der Waals surface area (Å²) in [4.78, 5) is 19.9. The van der Waals surface area contributed by atoms with Gasteiger partial charge in [0.05, 0.1) is 6.61 Å². The first kappa shape index (κ1) is 14.9. The van der Waals surface area contributed by atoms with E-state index >= 15 is 0 Å². The van der Waals surface area contributed by atoms with E-state index in [-0.39, 0.29) is 13.2 Å². The quantitative estimate of drug-likeness (QED) is 0.485. The van der Waals surface area contributed by atoms with Gasteiger partial charge in [-0.05, 0) is 6.92 Å². The molecule has 0 aliphatic rings. The molecule has 0 aromatic heterocycles. The Hall–Kier alpha value is -1.62. The van der Waals surface area contributed by atoms with Crippen LogP contribution in [0.1, 0.15) is 6.92 Å². The molecule has 0 aromatic rings. The molecule has 0 rings (SSSR count). The van der Waals surface area contributed by atoms with Gasteiger partial charge >= 0.3 is 5.97 Å². The molecule has 0 unspecified atom stereocenters. The Kier molecular flexibility index (Phi) is 10.1. The summed E-state index contributed by atoms with van der Waals surface area (Å²) in [5, 5.41) is 8.10. The largest absolute Gasteiger partial charge is 0.460 e. The molecule has 0 aromatic carbocycles. The van der Waals surface area contributed by atoms with E-state index in [1.165, 1.54) is 0 Å². The Morgan fingerprint density at radius 2 is 2.00 bits per heavy atom. The van der Waals surface area contributed by atoms with Gasteiger partial charge < -0.3 is 15.6 Å². The summed E-state index contributed by atoms with van der Waals surface area (Å²) in [7, 11) is 0. The molecule has 5 heteroatoms. The zero-order valence-corrected chi connectivity index (χ0v) is 8.16. The van der Waals surface area contributed by atoms with Gasteiger partial charge in [-0.25, -0.2) is 4.79 Å². The van der Waals surface area contributed by atoms with Gasteiger partial charge in [0.15, 0.2) is 0 Å². The molecule has 80 valence electrons. The molecular formula is C9H15NO4. The lowest BCUT2D eigenvalue weighted by Gasteiger charge is -1.94. The van der Waals surface area contributed by atoms with Gasteiger partial charge in [0, 0.05) is 11.6 Å². The first-order valence-corrected chi connectivity index (χ1v) is 3.81. The topological polar surface area (TPSA) is 89.6 Å². The minimum atomic E-state index is -0.501. The minimum Gasteiger partial charge on any atom is -0.460 e. The molecule has 0 aliphatic carbocycles. The highest BCUT2D eigenvalue weighted by molar-refractivity contribution is 5.90. The van der Waals surface area contributed by atoms with E-state index in [1.807, 2.05) is 0 Å². The molecule has 0 bridgehead atoms. The van der Waals surface area contributed by atoms with Crippen LogP contribution in [0, 0.1) is 0 Å². The number of nitrogens with two attached hydrogens (primary N) is 1. The second kappa shape index (κ2) is 9.47. The number of hydrogen-bond acceptors (Lipinski definition) is 4. The Bertz CT molecular complexity index is 211. The molecule has 1 amide bonds. The van der Waals surface area contributed by atoms with E-state index in [0.29, 0.717) is 5.57 Å². The molecule has 14 heavy (non-hydrogen) atoms. The summed E-state index contributed by atoms with van der Waals surface area (Å²) in [6.45, 7) is 7.92. The van der Waals surface area contributed by atoms with E-state index in [2.05, 4.69) is 17.9 Å². The smallest absolute Gasteiger partial charge is 0.330 e. The highest BCUT2D eigenvalue weighted by Crippen LogP contribution is 1.78. The van der Waals surface area contributed by atoms with Crippen LogP contribution in [0.4, 0.5) is 0 Å². The van der Waals surface area contributed by atoms with Gasteiger partial charge in [-0.15, -0.1) is 0 Å². The fourth-order valence-electron chi connectivity index (χ4n) is 0.205. The van der Waals surface area contributed by atoms with Crippen molar-refractivity contribution in [2.45, 2.75) is 6.92 Å². The van der Waals surface area contributed by atoms with Crippen molar-refractivity contribution in [1.82, 2.24) is 0 Å². The van der Waals surface area contributed by atoms with Crippen molar-refractivity contribution in [1.29, 1.82) is 0 Å². The van der Waals surface area contributed by atoms with Gasteiger partial charge in [0.2, 0.25) is 5.91 Å². The molecule has 0 radical (unpaired) electrons. The Morgan fingerprint density at radius 3 is 2.21 bits per heavy atom. The van der Waals surface area contributed by atoms with Crippen LogP contribution in [0.5, 0.6) is 0 Å². The van der Waals surface area contributed by atoms with Crippen LogP contribution >= 0.6 is 0 Å². The van der Waals surface area contributed by atoms with Crippen LogP contribution < -0.4 is 5.73 Å². The SMILES string of the molecule is C=C(C)C(N)=O.C=CC(=O)OCCO. The van der Waals surface area contributed by atoms with Crippen molar-refractivity contribution >= 4 is 11.9 Å². The first-order chi connectivity index (χ1) is 6.45. The number of aliphatic hydroxyl groups is 1. The van der Waals surface area contributed by atoms with Crippen LogP contribution in [0.3, 0.4) is 0 Å². The average Bonchev–Trinajstić information content (AvgIpc) is 2.14. The molecule has 0 saturated heterocycles. The maximum absolute atomic E-state index is 10.1. The van der Waals surface area contributed by atoms with E-state index in [1.54, 1.807) is 6.92 Å². The maximum atomic E-state index is 10.1. The van der Waals surface area contributed by atoms with Gasteiger partial charge in [0.1, 0.15) is 6.61 Å². The summed E-state index contributed by atoms with van der Waals surface area (Å²) in [6.07, 6.45) is 1.05. The number of esters is 1. The van der Waals surface area contributed by atoms with Gasteiger partial charge in [-0.3, -0.25) is 4.79 Å². The number of primary amides is 1. The predicted molar refractivity (Wildman–Crippen MR) is 52.3 cm³/mol. The molecule has 0 atom stereocenters. The summed E-state index contributed by atoms with van der Waals surface area (Å²) in [5.74, 6) is -0.936. The molecular weight excluding hydrogens is 186 g/mol. The summed E-state index contributed by atoms with van der Waals surface area (Å²) >= 11 is 0. The molecule has 0 aliphatic heterocycles. The number of rotatable bonds is 4. The second-order valence-electron chi connectivity index (χ2n) is 2.24. The predicted octanol–water partition coefficient (Wildman–Crippen LogP) is -0.244. The minimum absolute atomic E-state index is 0.0465. The number of carbonyl (C=O) groups excluding carboxylic acids is 2. The summed E-state index contributed by atoms with van der Waals surface area (Å²) < 4.78 is 4.33. The molecule has 5 nitrogen and oxygen atoms in total. The fraction of sp³-hybridized carbons (Fsp3) is 0.333. The van der Waals surface area contributed by atoms with E-state index in [0.717, 1.165) is 6.08 Å². The average molecular weight is 201 g/mol. The number of ether oxygens (including phenoxy) is 1. The van der Waals surface area contributed by atoms with E-state index < -0.39 is 11.9 Å². The lowest BCUT2D eigenvalue weighted by molar-refractivity contribution is -0.138. The molecule has 0 spiro atoms. The fourth-order valence-corrected chi connectivity index (χ4v) is 0.205. The van der Waals surface area contributed by atoms with Crippen LogP contribution in [-0.2, 0) is 14.3 Å².